The molecule has 3 aromatic carbocycles. The minimum absolute atomic E-state index is 0.103. The Balaban J connectivity index is 1.58. The Bertz CT molecular complexity index is 1650. The van der Waals surface area contributed by atoms with Crippen LogP contribution in [0.3, 0.4) is 0 Å². The lowest BCUT2D eigenvalue weighted by Crippen LogP contribution is -2.22. The normalized spacial score (nSPS) is 11.3. The lowest BCUT2D eigenvalue weighted by molar-refractivity contribution is -0.113. The molecule has 0 saturated carbocycles. The third-order valence-corrected chi connectivity index (χ3v) is 6.77. The number of benzene rings is 3. The summed E-state index contributed by atoms with van der Waals surface area (Å²) >= 11 is 1.23. The van der Waals surface area contributed by atoms with Gasteiger partial charge in [-0.15, -0.1) is 0 Å². The van der Waals surface area contributed by atoms with Crippen molar-refractivity contribution in [3.8, 4) is 5.69 Å². The Morgan fingerprint density at radius 1 is 0.971 bits per heavy atom. The van der Waals surface area contributed by atoms with Gasteiger partial charge in [0.05, 0.1) is 11.4 Å². The van der Waals surface area contributed by atoms with E-state index in [1.165, 1.54) is 11.8 Å². The van der Waals surface area contributed by atoms with Crippen LogP contribution in [0.15, 0.2) is 75.0 Å². The summed E-state index contributed by atoms with van der Waals surface area (Å²) < 4.78 is 7.45. The monoisotopic (exact) mass is 483 g/mol. The molecule has 2 aromatic heterocycles. The number of hydrogen-bond donors (Lipinski definition) is 1. The maximum absolute atomic E-state index is 13.7. The van der Waals surface area contributed by atoms with Gasteiger partial charge in [0, 0.05) is 11.1 Å². The number of fused-ring (bicyclic) bond motifs is 3. The lowest BCUT2D eigenvalue weighted by atomic mass is 10.1. The van der Waals surface area contributed by atoms with Crippen LogP contribution in [0.25, 0.3) is 27.8 Å². The van der Waals surface area contributed by atoms with Crippen molar-refractivity contribution in [2.75, 3.05) is 11.1 Å². The van der Waals surface area contributed by atoms with Crippen LogP contribution in [0, 0.1) is 27.7 Å². The molecule has 1 N–H and O–H groups in total. The van der Waals surface area contributed by atoms with E-state index >= 15 is 0 Å². The average Bonchev–Trinajstić information content (AvgIpc) is 3.18. The summed E-state index contributed by atoms with van der Waals surface area (Å²) in [6.45, 7) is 7.92. The molecule has 0 spiro atoms. The van der Waals surface area contributed by atoms with Crippen molar-refractivity contribution in [1.82, 2.24) is 9.55 Å². The van der Waals surface area contributed by atoms with Crippen LogP contribution in [0.5, 0.6) is 0 Å². The van der Waals surface area contributed by atoms with Crippen molar-refractivity contribution in [3.63, 3.8) is 0 Å². The maximum atomic E-state index is 13.7. The smallest absolute Gasteiger partial charge is 0.302 e. The van der Waals surface area contributed by atoms with Gasteiger partial charge in [-0.05, 0) is 80.3 Å². The second kappa shape index (κ2) is 9.07. The molecule has 176 valence electrons. The molecular formula is C28H25N3O3S. The molecule has 1 amide bonds. The van der Waals surface area contributed by atoms with Crippen LogP contribution in [0.4, 0.5) is 5.69 Å². The molecule has 0 radical (unpaired) electrons. The van der Waals surface area contributed by atoms with Crippen molar-refractivity contribution in [2.24, 2.45) is 0 Å². The number of thioether (sulfide) groups is 1. The number of carbonyl (C=O) groups is 1. The van der Waals surface area contributed by atoms with Crippen LogP contribution in [0.2, 0.25) is 0 Å². The summed E-state index contributed by atoms with van der Waals surface area (Å²) in [6.07, 6.45) is 0. The van der Waals surface area contributed by atoms with Gasteiger partial charge >= 0.3 is 5.56 Å². The van der Waals surface area contributed by atoms with E-state index in [0.29, 0.717) is 21.9 Å². The summed E-state index contributed by atoms with van der Waals surface area (Å²) in [5.74, 6) is -0.0617. The lowest BCUT2D eigenvalue weighted by Gasteiger charge is -2.14. The topological polar surface area (TPSA) is 77.1 Å². The number of anilines is 1. The van der Waals surface area contributed by atoms with Gasteiger partial charge < -0.3 is 9.73 Å². The second-order valence-corrected chi connectivity index (χ2v) is 9.75. The molecule has 0 saturated heterocycles. The van der Waals surface area contributed by atoms with E-state index in [4.69, 9.17) is 9.40 Å². The third kappa shape index (κ3) is 4.47. The number of aryl methyl sites for hydroxylation is 4. The van der Waals surface area contributed by atoms with E-state index in [1.54, 1.807) is 4.57 Å². The van der Waals surface area contributed by atoms with E-state index in [2.05, 4.69) is 5.32 Å². The van der Waals surface area contributed by atoms with E-state index in [9.17, 15) is 9.59 Å². The average molecular weight is 484 g/mol. The highest BCUT2D eigenvalue weighted by molar-refractivity contribution is 7.99. The molecule has 0 atom stereocenters. The standard InChI is InChI=1S/C28H25N3O3S/c1-16-9-10-19(4)22(14-16)29-24(32)15-35-28-30-25-21-7-5-6-8-23(21)34-26(25)27(33)31(28)20-12-17(2)11-18(3)13-20/h5-14H,15H2,1-4H3,(H,29,32). The first kappa shape index (κ1) is 22.9. The number of hydrogen-bond acceptors (Lipinski definition) is 5. The highest BCUT2D eigenvalue weighted by Crippen LogP contribution is 2.29. The molecule has 6 nitrogen and oxygen atoms in total. The van der Waals surface area contributed by atoms with Gasteiger partial charge in [0.2, 0.25) is 11.5 Å². The predicted octanol–water partition coefficient (Wildman–Crippen LogP) is 6.10. The van der Waals surface area contributed by atoms with Crippen molar-refractivity contribution in [1.29, 1.82) is 0 Å². The number of aromatic nitrogens is 2. The number of furan rings is 1. The molecule has 0 bridgehead atoms. The third-order valence-electron chi connectivity index (χ3n) is 5.83. The van der Waals surface area contributed by atoms with Gasteiger partial charge in [-0.3, -0.25) is 14.2 Å². The van der Waals surface area contributed by atoms with Crippen LogP contribution in [-0.4, -0.2) is 21.2 Å². The summed E-state index contributed by atoms with van der Waals surface area (Å²) in [5, 5.41) is 4.19. The van der Waals surface area contributed by atoms with Gasteiger partial charge in [-0.25, -0.2) is 4.98 Å². The van der Waals surface area contributed by atoms with Crippen LogP contribution < -0.4 is 10.9 Å². The highest BCUT2D eigenvalue weighted by Gasteiger charge is 2.20. The van der Waals surface area contributed by atoms with Crippen molar-refractivity contribution < 1.29 is 9.21 Å². The fraction of sp³-hybridized carbons (Fsp3) is 0.179. The minimum atomic E-state index is -0.298. The van der Waals surface area contributed by atoms with Crippen LogP contribution in [0.1, 0.15) is 22.3 Å². The first-order chi connectivity index (χ1) is 16.8. The van der Waals surface area contributed by atoms with E-state index in [0.717, 1.165) is 33.3 Å². The molecule has 5 rings (SSSR count). The molecule has 0 aliphatic carbocycles. The van der Waals surface area contributed by atoms with E-state index in [1.807, 2.05) is 88.4 Å². The van der Waals surface area contributed by atoms with Gasteiger partial charge in [0.15, 0.2) is 5.16 Å². The zero-order valence-corrected chi connectivity index (χ0v) is 20.8. The number of carbonyl (C=O) groups excluding carboxylic acids is 1. The fourth-order valence-corrected chi connectivity index (χ4v) is 5.02. The molecule has 35 heavy (non-hydrogen) atoms. The zero-order chi connectivity index (χ0) is 24.7. The first-order valence-corrected chi connectivity index (χ1v) is 12.3. The number of rotatable bonds is 5. The van der Waals surface area contributed by atoms with Crippen LogP contribution in [-0.2, 0) is 4.79 Å². The zero-order valence-electron chi connectivity index (χ0n) is 20.0. The Hall–Kier alpha value is -3.84. The summed E-state index contributed by atoms with van der Waals surface area (Å²) in [6, 6.07) is 19.3. The Kier molecular flexibility index (Phi) is 5.94. The predicted molar refractivity (Wildman–Crippen MR) is 142 cm³/mol. The highest BCUT2D eigenvalue weighted by atomic mass is 32.2. The second-order valence-electron chi connectivity index (χ2n) is 8.81. The van der Waals surface area contributed by atoms with Crippen molar-refractivity contribution in [3.05, 3.63) is 93.3 Å². The minimum Gasteiger partial charge on any atom is -0.448 e. The molecular weight excluding hydrogens is 458 g/mol. The summed E-state index contributed by atoms with van der Waals surface area (Å²) in [5.41, 5.74) is 6.61. The molecule has 0 fully saturated rings. The molecule has 5 aromatic rings. The quantitative estimate of drug-likeness (QED) is 0.242. The Labute approximate surface area is 207 Å². The first-order valence-electron chi connectivity index (χ1n) is 11.3. The van der Waals surface area contributed by atoms with Gasteiger partial charge in [0.1, 0.15) is 11.1 Å². The molecule has 0 aliphatic heterocycles. The largest absolute Gasteiger partial charge is 0.448 e. The SMILES string of the molecule is Cc1cc(C)cc(-n2c(SCC(=O)Nc3cc(C)ccc3C)nc3c(oc4ccccc43)c2=O)c1. The van der Waals surface area contributed by atoms with Gasteiger partial charge in [-0.2, -0.15) is 0 Å². The molecule has 7 heteroatoms. The maximum Gasteiger partial charge on any atom is 0.302 e. The van der Waals surface area contributed by atoms with E-state index < -0.39 is 0 Å². The fourth-order valence-electron chi connectivity index (χ4n) is 4.21. The van der Waals surface area contributed by atoms with Gasteiger partial charge in [-0.1, -0.05) is 42.1 Å². The van der Waals surface area contributed by atoms with Crippen molar-refractivity contribution in [2.45, 2.75) is 32.9 Å². The number of para-hydroxylation sites is 1. The molecule has 0 unspecified atom stereocenters. The van der Waals surface area contributed by atoms with Crippen LogP contribution >= 0.6 is 11.8 Å². The summed E-state index contributed by atoms with van der Waals surface area (Å²) in [7, 11) is 0. The summed E-state index contributed by atoms with van der Waals surface area (Å²) in [4.78, 5) is 31.3. The molecule has 0 aliphatic rings. The number of nitrogens with one attached hydrogen (secondary N) is 1. The Morgan fingerprint density at radius 2 is 1.71 bits per heavy atom. The van der Waals surface area contributed by atoms with Crippen molar-refractivity contribution >= 4 is 45.4 Å². The Morgan fingerprint density at radius 3 is 2.49 bits per heavy atom. The number of nitrogens with zero attached hydrogens (tertiary/aromatic N) is 2. The number of amides is 1. The molecule has 2 heterocycles. The van der Waals surface area contributed by atoms with Gasteiger partial charge in [0.25, 0.3) is 0 Å². The van der Waals surface area contributed by atoms with E-state index in [-0.39, 0.29) is 22.8 Å².